The highest BCUT2D eigenvalue weighted by Crippen LogP contribution is 2.22. The van der Waals surface area contributed by atoms with Crippen LogP contribution in [0.3, 0.4) is 0 Å². The minimum absolute atomic E-state index is 0.219. The van der Waals surface area contributed by atoms with Crippen molar-refractivity contribution in [3.05, 3.63) is 69.6 Å². The van der Waals surface area contributed by atoms with E-state index < -0.39 is 0 Å². The summed E-state index contributed by atoms with van der Waals surface area (Å²) in [6.07, 6.45) is 1.74. The fourth-order valence-electron chi connectivity index (χ4n) is 2.29. The van der Waals surface area contributed by atoms with Gasteiger partial charge in [-0.1, -0.05) is 29.8 Å². The van der Waals surface area contributed by atoms with Gasteiger partial charge in [0.2, 0.25) is 0 Å². The van der Waals surface area contributed by atoms with E-state index in [1.165, 1.54) is 11.3 Å². The van der Waals surface area contributed by atoms with Crippen LogP contribution < -0.4 is 15.4 Å². The number of anilines is 2. The van der Waals surface area contributed by atoms with Gasteiger partial charge in [-0.15, -0.1) is 11.3 Å². The van der Waals surface area contributed by atoms with E-state index in [0.29, 0.717) is 28.0 Å². The Morgan fingerprint density at radius 1 is 1.20 bits per heavy atom. The second kappa shape index (κ2) is 8.00. The van der Waals surface area contributed by atoms with E-state index in [2.05, 4.69) is 15.6 Å². The van der Waals surface area contributed by atoms with E-state index in [0.717, 1.165) is 10.6 Å². The second-order valence-electron chi connectivity index (χ2n) is 5.17. The second-order valence-corrected chi connectivity index (χ2v) is 6.87. The molecule has 0 unspecified atom stereocenters. The number of halogens is 1. The lowest BCUT2D eigenvalue weighted by molar-refractivity contribution is 0.102. The highest BCUT2D eigenvalue weighted by molar-refractivity contribution is 7.15. The van der Waals surface area contributed by atoms with Crippen molar-refractivity contribution in [1.29, 1.82) is 0 Å². The molecule has 2 N–H and O–H groups in total. The van der Waals surface area contributed by atoms with Crippen LogP contribution in [0.5, 0.6) is 5.75 Å². The summed E-state index contributed by atoms with van der Waals surface area (Å²) in [4.78, 5) is 17.5. The van der Waals surface area contributed by atoms with Crippen LogP contribution in [0.4, 0.5) is 11.4 Å². The predicted octanol–water partition coefficient (Wildman–Crippen LogP) is 4.67. The first-order chi connectivity index (χ1) is 12.2. The molecule has 5 nitrogen and oxygen atoms in total. The van der Waals surface area contributed by atoms with Gasteiger partial charge < -0.3 is 15.4 Å². The van der Waals surface area contributed by atoms with Crippen LogP contribution in [0, 0.1) is 0 Å². The van der Waals surface area contributed by atoms with Crippen molar-refractivity contribution >= 4 is 40.2 Å². The van der Waals surface area contributed by atoms with Crippen LogP contribution >= 0.6 is 22.9 Å². The number of hydrogen-bond acceptors (Lipinski definition) is 5. The van der Waals surface area contributed by atoms with Crippen LogP contribution in [0.2, 0.25) is 4.47 Å². The third-order valence-corrected chi connectivity index (χ3v) is 4.58. The highest BCUT2D eigenvalue weighted by Gasteiger charge is 2.11. The lowest BCUT2D eigenvalue weighted by Gasteiger charge is -2.11. The Morgan fingerprint density at radius 2 is 2.00 bits per heavy atom. The molecule has 2 aromatic carbocycles. The van der Waals surface area contributed by atoms with E-state index >= 15 is 0 Å². The van der Waals surface area contributed by atoms with Gasteiger partial charge in [-0.25, -0.2) is 4.98 Å². The van der Waals surface area contributed by atoms with E-state index in [4.69, 9.17) is 16.3 Å². The molecule has 3 aromatic rings. The largest absolute Gasteiger partial charge is 0.496 e. The van der Waals surface area contributed by atoms with Gasteiger partial charge in [0.15, 0.2) is 4.47 Å². The molecule has 3 rings (SSSR count). The zero-order valence-corrected chi connectivity index (χ0v) is 15.0. The van der Waals surface area contributed by atoms with Gasteiger partial charge in [0, 0.05) is 22.4 Å². The van der Waals surface area contributed by atoms with Crippen molar-refractivity contribution in [2.75, 3.05) is 17.7 Å². The van der Waals surface area contributed by atoms with Crippen molar-refractivity contribution < 1.29 is 9.53 Å². The van der Waals surface area contributed by atoms with Gasteiger partial charge in [-0.2, -0.15) is 0 Å². The molecule has 0 saturated carbocycles. The van der Waals surface area contributed by atoms with Crippen molar-refractivity contribution in [3.8, 4) is 5.75 Å². The smallest absolute Gasteiger partial charge is 0.259 e. The van der Waals surface area contributed by atoms with E-state index in [-0.39, 0.29) is 5.91 Å². The number of ether oxygens (including phenoxy) is 1. The fourth-order valence-corrected chi connectivity index (χ4v) is 3.21. The number of nitrogens with zero attached hydrogens (tertiary/aromatic N) is 1. The Labute approximate surface area is 154 Å². The molecule has 1 heterocycles. The van der Waals surface area contributed by atoms with Crippen LogP contribution in [0.1, 0.15) is 15.2 Å². The molecular formula is C18H16ClN3O2S. The third-order valence-electron chi connectivity index (χ3n) is 3.46. The molecule has 0 aliphatic carbocycles. The van der Waals surface area contributed by atoms with Gasteiger partial charge in [-0.05, 0) is 30.3 Å². The molecule has 0 bridgehead atoms. The monoisotopic (exact) mass is 373 g/mol. The summed E-state index contributed by atoms with van der Waals surface area (Å²) in [5.74, 6) is 0.320. The van der Waals surface area contributed by atoms with Crippen LogP contribution in [-0.2, 0) is 6.54 Å². The van der Waals surface area contributed by atoms with E-state index in [9.17, 15) is 4.79 Å². The molecule has 25 heavy (non-hydrogen) atoms. The topological polar surface area (TPSA) is 63.2 Å². The van der Waals surface area contributed by atoms with Crippen LogP contribution in [-0.4, -0.2) is 18.0 Å². The predicted molar refractivity (Wildman–Crippen MR) is 102 cm³/mol. The summed E-state index contributed by atoms with van der Waals surface area (Å²) < 4.78 is 5.75. The van der Waals surface area contributed by atoms with Crippen molar-refractivity contribution in [2.45, 2.75) is 6.54 Å². The van der Waals surface area contributed by atoms with Crippen molar-refractivity contribution in [2.24, 2.45) is 0 Å². The molecule has 0 radical (unpaired) electrons. The summed E-state index contributed by atoms with van der Waals surface area (Å²) in [5, 5.41) is 6.17. The standard InChI is InChI=1S/C18H16ClN3O2S/c1-24-16-8-3-2-7-15(16)17(23)22-13-6-4-5-12(9-13)20-10-14-11-21-18(19)25-14/h2-9,11,20H,10H2,1H3,(H,22,23). The fraction of sp³-hybridized carbons (Fsp3) is 0.111. The van der Waals surface area contributed by atoms with Gasteiger partial charge >= 0.3 is 0 Å². The molecule has 128 valence electrons. The van der Waals surface area contributed by atoms with Crippen LogP contribution in [0.25, 0.3) is 0 Å². The number of carbonyl (C=O) groups is 1. The molecular weight excluding hydrogens is 358 g/mol. The summed E-state index contributed by atoms with van der Waals surface area (Å²) >= 11 is 7.26. The molecule has 1 aromatic heterocycles. The highest BCUT2D eigenvalue weighted by atomic mass is 35.5. The average molecular weight is 374 g/mol. The zero-order valence-electron chi connectivity index (χ0n) is 13.5. The lowest BCUT2D eigenvalue weighted by atomic mass is 10.2. The van der Waals surface area contributed by atoms with E-state index in [1.807, 2.05) is 30.3 Å². The Hall–Kier alpha value is -2.57. The van der Waals surface area contributed by atoms with Crippen LogP contribution in [0.15, 0.2) is 54.7 Å². The normalized spacial score (nSPS) is 10.3. The molecule has 7 heteroatoms. The minimum Gasteiger partial charge on any atom is -0.496 e. The Morgan fingerprint density at radius 3 is 2.76 bits per heavy atom. The Kier molecular flexibility index (Phi) is 5.53. The Balaban J connectivity index is 1.67. The number of nitrogens with one attached hydrogen (secondary N) is 2. The maximum Gasteiger partial charge on any atom is 0.259 e. The van der Waals surface area contributed by atoms with E-state index in [1.54, 1.807) is 31.5 Å². The SMILES string of the molecule is COc1ccccc1C(=O)Nc1cccc(NCc2cnc(Cl)s2)c1. The summed E-state index contributed by atoms with van der Waals surface area (Å²) in [7, 11) is 1.54. The summed E-state index contributed by atoms with van der Waals surface area (Å²) in [6.45, 7) is 0.619. The first-order valence-electron chi connectivity index (χ1n) is 7.54. The summed E-state index contributed by atoms with van der Waals surface area (Å²) in [5.41, 5.74) is 2.08. The number of carbonyl (C=O) groups excluding carboxylic acids is 1. The molecule has 1 amide bonds. The number of hydrogen-bond donors (Lipinski definition) is 2. The number of benzene rings is 2. The van der Waals surface area contributed by atoms with Gasteiger partial charge in [0.1, 0.15) is 5.75 Å². The Bertz CT molecular complexity index is 882. The van der Waals surface area contributed by atoms with Gasteiger partial charge in [0.25, 0.3) is 5.91 Å². The first-order valence-corrected chi connectivity index (χ1v) is 8.73. The lowest BCUT2D eigenvalue weighted by Crippen LogP contribution is -2.13. The number of para-hydroxylation sites is 1. The quantitative estimate of drug-likeness (QED) is 0.659. The maximum atomic E-state index is 12.5. The maximum absolute atomic E-state index is 12.5. The number of rotatable bonds is 6. The number of aromatic nitrogens is 1. The number of thiazole rings is 1. The molecule has 0 atom stereocenters. The summed E-state index contributed by atoms with van der Waals surface area (Å²) in [6, 6.07) is 14.6. The molecule has 0 spiro atoms. The number of amides is 1. The molecule has 0 saturated heterocycles. The molecule has 0 fully saturated rings. The third kappa shape index (κ3) is 4.49. The molecule has 0 aliphatic heterocycles. The van der Waals surface area contributed by atoms with Gasteiger partial charge in [0.05, 0.1) is 19.2 Å². The first kappa shape index (κ1) is 17.3. The van der Waals surface area contributed by atoms with Gasteiger partial charge in [-0.3, -0.25) is 4.79 Å². The van der Waals surface area contributed by atoms with Crippen molar-refractivity contribution in [3.63, 3.8) is 0 Å². The average Bonchev–Trinajstić information content (AvgIpc) is 3.05. The van der Waals surface area contributed by atoms with Crippen molar-refractivity contribution in [1.82, 2.24) is 4.98 Å². The molecule has 0 aliphatic rings. The minimum atomic E-state index is -0.219. The number of methoxy groups -OCH3 is 1. The zero-order chi connectivity index (χ0) is 17.6.